The van der Waals surface area contributed by atoms with Crippen molar-refractivity contribution in [3.8, 4) is 0 Å². The van der Waals surface area contributed by atoms with E-state index in [1.165, 1.54) is 18.2 Å². The molecule has 0 amide bonds. The first-order chi connectivity index (χ1) is 8.78. The van der Waals surface area contributed by atoms with Crippen molar-refractivity contribution in [1.82, 2.24) is 0 Å². The van der Waals surface area contributed by atoms with E-state index in [0.717, 1.165) is 5.56 Å². The molecular formula is C15H18O3S. The second-order valence-corrected chi connectivity index (χ2v) is 6.40. The van der Waals surface area contributed by atoms with Crippen LogP contribution in [0, 0.1) is 6.92 Å². The SMILES string of the molecule is C=CC(O)C(=C=C(C)C)S(=O)(=O)c1ccc(C)cc1. The van der Waals surface area contributed by atoms with Gasteiger partial charge in [0.25, 0.3) is 0 Å². The standard InChI is InChI=1S/C15H18O3S/c1-5-14(16)15(10-11(2)3)19(17,18)13-8-6-12(4)7-9-13/h5-9,14,16H,1H2,2-4H3. The van der Waals surface area contributed by atoms with Crippen molar-refractivity contribution >= 4 is 9.84 Å². The summed E-state index contributed by atoms with van der Waals surface area (Å²) in [5, 5.41) is 9.81. The molecule has 3 nitrogen and oxygen atoms in total. The van der Waals surface area contributed by atoms with Gasteiger partial charge in [-0.25, -0.2) is 8.42 Å². The first-order valence-corrected chi connectivity index (χ1v) is 7.33. The van der Waals surface area contributed by atoms with E-state index >= 15 is 0 Å². The summed E-state index contributed by atoms with van der Waals surface area (Å²) in [4.78, 5) is -0.0332. The highest BCUT2D eigenvalue weighted by molar-refractivity contribution is 7.95. The average Bonchev–Trinajstić information content (AvgIpc) is 2.35. The molecule has 1 aromatic carbocycles. The van der Waals surface area contributed by atoms with E-state index in [2.05, 4.69) is 12.3 Å². The number of hydrogen-bond acceptors (Lipinski definition) is 3. The highest BCUT2D eigenvalue weighted by Crippen LogP contribution is 2.22. The fourth-order valence-electron chi connectivity index (χ4n) is 1.50. The molecule has 0 saturated carbocycles. The van der Waals surface area contributed by atoms with Crippen LogP contribution in [0.1, 0.15) is 19.4 Å². The van der Waals surface area contributed by atoms with Crippen molar-refractivity contribution in [2.24, 2.45) is 0 Å². The molecule has 0 heterocycles. The molecule has 0 saturated heterocycles. The van der Waals surface area contributed by atoms with Crippen LogP contribution >= 0.6 is 0 Å². The second-order valence-electron chi connectivity index (χ2n) is 4.49. The zero-order valence-electron chi connectivity index (χ0n) is 11.3. The van der Waals surface area contributed by atoms with Crippen LogP contribution in [0.15, 0.2) is 58.0 Å². The Hall–Kier alpha value is -1.61. The number of rotatable bonds is 4. The van der Waals surface area contributed by atoms with Gasteiger partial charge in [0, 0.05) is 0 Å². The summed E-state index contributed by atoms with van der Waals surface area (Å²) < 4.78 is 24.9. The van der Waals surface area contributed by atoms with Gasteiger partial charge in [0.1, 0.15) is 11.0 Å². The molecule has 1 atom stereocenters. The fourth-order valence-corrected chi connectivity index (χ4v) is 3.00. The van der Waals surface area contributed by atoms with Crippen molar-refractivity contribution in [2.45, 2.75) is 31.8 Å². The highest BCUT2D eigenvalue weighted by Gasteiger charge is 2.25. The van der Waals surface area contributed by atoms with Gasteiger partial charge in [-0.15, -0.1) is 12.3 Å². The van der Waals surface area contributed by atoms with Crippen molar-refractivity contribution in [1.29, 1.82) is 0 Å². The van der Waals surface area contributed by atoms with Gasteiger partial charge in [-0.3, -0.25) is 0 Å². The van der Waals surface area contributed by atoms with Crippen LogP contribution in [-0.4, -0.2) is 19.6 Å². The first kappa shape index (κ1) is 15.4. The van der Waals surface area contributed by atoms with Gasteiger partial charge in [0.05, 0.1) is 4.90 Å². The third-order valence-electron chi connectivity index (χ3n) is 2.49. The molecule has 0 aromatic heterocycles. The van der Waals surface area contributed by atoms with E-state index in [4.69, 9.17) is 0 Å². The molecule has 1 rings (SSSR count). The maximum atomic E-state index is 12.5. The van der Waals surface area contributed by atoms with Crippen LogP contribution in [0.2, 0.25) is 0 Å². The minimum absolute atomic E-state index is 0.141. The molecule has 1 aromatic rings. The van der Waals surface area contributed by atoms with Gasteiger partial charge in [-0.2, -0.15) is 0 Å². The van der Waals surface area contributed by atoms with Gasteiger partial charge in [0.2, 0.25) is 9.84 Å². The summed E-state index contributed by atoms with van der Waals surface area (Å²) in [6.07, 6.45) is -0.0852. The van der Waals surface area contributed by atoms with E-state index in [1.54, 1.807) is 26.0 Å². The minimum Gasteiger partial charge on any atom is -0.383 e. The Morgan fingerprint density at radius 1 is 1.32 bits per heavy atom. The van der Waals surface area contributed by atoms with Crippen molar-refractivity contribution in [3.05, 3.63) is 58.7 Å². The molecule has 0 aliphatic rings. The van der Waals surface area contributed by atoms with Gasteiger partial charge >= 0.3 is 0 Å². The normalized spacial score (nSPS) is 12.4. The first-order valence-electron chi connectivity index (χ1n) is 5.85. The van der Waals surface area contributed by atoms with Gasteiger partial charge in [-0.05, 0) is 38.5 Å². The number of aliphatic hydroxyl groups is 1. The van der Waals surface area contributed by atoms with Crippen molar-refractivity contribution in [2.75, 3.05) is 0 Å². The lowest BCUT2D eigenvalue weighted by atomic mass is 10.2. The summed E-state index contributed by atoms with van der Waals surface area (Å²) in [6.45, 7) is 8.75. The van der Waals surface area contributed by atoms with E-state index in [9.17, 15) is 13.5 Å². The minimum atomic E-state index is -3.76. The highest BCUT2D eigenvalue weighted by atomic mass is 32.2. The number of aliphatic hydroxyl groups excluding tert-OH is 1. The van der Waals surface area contributed by atoms with Gasteiger partial charge in [-0.1, -0.05) is 23.8 Å². The predicted molar refractivity (Wildman–Crippen MR) is 76.5 cm³/mol. The maximum absolute atomic E-state index is 12.5. The van der Waals surface area contributed by atoms with Crippen LogP contribution < -0.4 is 0 Å². The van der Waals surface area contributed by atoms with E-state index in [1.807, 2.05) is 6.92 Å². The molecule has 0 spiro atoms. The Bertz CT molecular complexity index is 626. The van der Waals surface area contributed by atoms with Crippen LogP contribution in [0.4, 0.5) is 0 Å². The Morgan fingerprint density at radius 3 is 2.26 bits per heavy atom. The number of benzene rings is 1. The summed E-state index contributed by atoms with van der Waals surface area (Å²) >= 11 is 0. The molecule has 0 radical (unpaired) electrons. The topological polar surface area (TPSA) is 54.4 Å². The Kier molecular flexibility index (Phi) is 4.90. The van der Waals surface area contributed by atoms with Crippen LogP contribution in [0.3, 0.4) is 0 Å². The number of aryl methyl sites for hydroxylation is 1. The number of sulfone groups is 1. The third kappa shape index (κ3) is 3.67. The molecule has 0 fully saturated rings. The summed E-state index contributed by atoms with van der Waals surface area (Å²) in [7, 11) is -3.76. The van der Waals surface area contributed by atoms with Crippen molar-refractivity contribution < 1.29 is 13.5 Å². The summed E-state index contributed by atoms with van der Waals surface area (Å²) in [5.74, 6) is 0. The molecule has 1 unspecified atom stereocenters. The lowest BCUT2D eigenvalue weighted by Crippen LogP contribution is -2.16. The van der Waals surface area contributed by atoms with Crippen molar-refractivity contribution in [3.63, 3.8) is 0 Å². The predicted octanol–water partition coefficient (Wildman–Crippen LogP) is 2.76. The molecule has 19 heavy (non-hydrogen) atoms. The molecule has 1 N–H and O–H groups in total. The molecule has 4 heteroatoms. The van der Waals surface area contributed by atoms with Crippen LogP contribution in [-0.2, 0) is 9.84 Å². The third-order valence-corrected chi connectivity index (χ3v) is 4.30. The van der Waals surface area contributed by atoms with Gasteiger partial charge in [0.15, 0.2) is 0 Å². The second kappa shape index (κ2) is 6.02. The molecule has 0 aliphatic heterocycles. The Morgan fingerprint density at radius 2 is 1.84 bits per heavy atom. The van der Waals surface area contributed by atoms with Crippen LogP contribution in [0.25, 0.3) is 0 Å². The summed E-state index contributed by atoms with van der Waals surface area (Å²) in [6, 6.07) is 6.47. The zero-order chi connectivity index (χ0) is 14.6. The lowest BCUT2D eigenvalue weighted by molar-refractivity contribution is 0.267. The molecule has 102 valence electrons. The molecule has 0 aliphatic carbocycles. The van der Waals surface area contributed by atoms with E-state index in [0.29, 0.717) is 5.57 Å². The number of hydrogen-bond donors (Lipinski definition) is 1. The molecular weight excluding hydrogens is 260 g/mol. The quantitative estimate of drug-likeness (QED) is 0.680. The Balaban J connectivity index is 3.50. The van der Waals surface area contributed by atoms with E-state index < -0.39 is 15.9 Å². The molecule has 0 bridgehead atoms. The average molecular weight is 278 g/mol. The largest absolute Gasteiger partial charge is 0.383 e. The summed E-state index contributed by atoms with van der Waals surface area (Å²) in [5.41, 5.74) is 4.35. The monoisotopic (exact) mass is 278 g/mol. The maximum Gasteiger partial charge on any atom is 0.212 e. The Labute approximate surface area is 114 Å². The zero-order valence-corrected chi connectivity index (χ0v) is 12.2. The lowest BCUT2D eigenvalue weighted by Gasteiger charge is -2.10. The fraction of sp³-hybridized carbons (Fsp3) is 0.267. The van der Waals surface area contributed by atoms with Crippen LogP contribution in [0.5, 0.6) is 0 Å². The van der Waals surface area contributed by atoms with Gasteiger partial charge < -0.3 is 5.11 Å². The smallest absolute Gasteiger partial charge is 0.212 e. The van der Waals surface area contributed by atoms with E-state index in [-0.39, 0.29) is 9.80 Å².